The van der Waals surface area contributed by atoms with Crippen molar-refractivity contribution in [2.75, 3.05) is 7.05 Å². The summed E-state index contributed by atoms with van der Waals surface area (Å²) in [4.78, 5) is 2.06. The standard InChI is InChI=1S/C15H16N2/c1-12(10-16)17(2)11-14-8-5-7-13-6-3-4-9-15(13)14/h3-9,12H,11H2,1-2H3. The molecule has 0 aliphatic carbocycles. The van der Waals surface area contributed by atoms with Crippen molar-refractivity contribution in [2.45, 2.75) is 19.5 Å². The number of nitrogens with zero attached hydrogens (tertiary/aromatic N) is 2. The fourth-order valence-corrected chi connectivity index (χ4v) is 1.93. The van der Waals surface area contributed by atoms with Crippen LogP contribution in [-0.2, 0) is 6.54 Å². The molecule has 1 unspecified atom stereocenters. The van der Waals surface area contributed by atoms with Gasteiger partial charge in [-0.2, -0.15) is 5.26 Å². The minimum atomic E-state index is -0.0611. The Morgan fingerprint density at radius 2 is 1.88 bits per heavy atom. The van der Waals surface area contributed by atoms with E-state index in [-0.39, 0.29) is 6.04 Å². The highest BCUT2D eigenvalue weighted by Crippen LogP contribution is 2.20. The molecule has 2 aromatic rings. The second kappa shape index (κ2) is 4.99. The van der Waals surface area contributed by atoms with Gasteiger partial charge in [0.15, 0.2) is 0 Å². The van der Waals surface area contributed by atoms with Crippen molar-refractivity contribution in [3.63, 3.8) is 0 Å². The molecule has 0 saturated carbocycles. The lowest BCUT2D eigenvalue weighted by molar-refractivity contribution is 0.295. The van der Waals surface area contributed by atoms with Crippen molar-refractivity contribution in [1.82, 2.24) is 4.90 Å². The summed E-state index contributed by atoms with van der Waals surface area (Å²) in [5.74, 6) is 0. The van der Waals surface area contributed by atoms with Crippen LogP contribution in [0.1, 0.15) is 12.5 Å². The van der Waals surface area contributed by atoms with Crippen LogP contribution in [0.3, 0.4) is 0 Å². The Balaban J connectivity index is 2.34. The molecule has 0 aromatic heterocycles. The molecule has 0 aliphatic heterocycles. The quantitative estimate of drug-likeness (QED) is 0.800. The molecule has 1 atom stereocenters. The van der Waals surface area contributed by atoms with Gasteiger partial charge in [-0.1, -0.05) is 42.5 Å². The molecule has 0 bridgehead atoms. The van der Waals surface area contributed by atoms with Gasteiger partial charge in [-0.05, 0) is 30.3 Å². The van der Waals surface area contributed by atoms with Crippen molar-refractivity contribution in [2.24, 2.45) is 0 Å². The van der Waals surface area contributed by atoms with Gasteiger partial charge in [-0.25, -0.2) is 0 Å². The second-order valence-corrected chi connectivity index (χ2v) is 4.36. The normalized spacial score (nSPS) is 12.6. The fourth-order valence-electron chi connectivity index (χ4n) is 1.93. The summed E-state index contributed by atoms with van der Waals surface area (Å²) in [5, 5.41) is 11.4. The molecule has 86 valence electrons. The molecule has 2 rings (SSSR count). The predicted octanol–water partition coefficient (Wildman–Crippen LogP) is 3.18. The zero-order chi connectivity index (χ0) is 12.3. The van der Waals surface area contributed by atoms with E-state index in [0.717, 1.165) is 6.54 Å². The van der Waals surface area contributed by atoms with Crippen LogP contribution in [0.4, 0.5) is 0 Å². The maximum atomic E-state index is 8.90. The predicted molar refractivity (Wildman–Crippen MR) is 70.5 cm³/mol. The first kappa shape index (κ1) is 11.6. The molecule has 2 nitrogen and oxygen atoms in total. The Labute approximate surface area is 102 Å². The van der Waals surface area contributed by atoms with E-state index < -0.39 is 0 Å². The lowest BCUT2D eigenvalue weighted by Crippen LogP contribution is -2.27. The molecule has 0 N–H and O–H groups in total. The Kier molecular flexibility index (Phi) is 3.41. The van der Waals surface area contributed by atoms with Crippen molar-refractivity contribution in [1.29, 1.82) is 5.26 Å². The van der Waals surface area contributed by atoms with Gasteiger partial charge in [0.25, 0.3) is 0 Å². The summed E-state index contributed by atoms with van der Waals surface area (Å²) >= 11 is 0. The van der Waals surface area contributed by atoms with Gasteiger partial charge in [-0.3, -0.25) is 4.90 Å². The highest BCUT2D eigenvalue weighted by atomic mass is 15.1. The summed E-state index contributed by atoms with van der Waals surface area (Å²) in [7, 11) is 1.98. The van der Waals surface area contributed by atoms with E-state index in [1.165, 1.54) is 16.3 Å². The second-order valence-electron chi connectivity index (χ2n) is 4.36. The van der Waals surface area contributed by atoms with Crippen LogP contribution >= 0.6 is 0 Å². The Morgan fingerprint density at radius 3 is 2.65 bits per heavy atom. The molecular formula is C15H16N2. The molecule has 0 heterocycles. The molecule has 0 saturated heterocycles. The van der Waals surface area contributed by atoms with E-state index in [1.54, 1.807) is 0 Å². The number of hydrogen-bond acceptors (Lipinski definition) is 2. The van der Waals surface area contributed by atoms with E-state index in [1.807, 2.05) is 20.0 Å². The van der Waals surface area contributed by atoms with Gasteiger partial charge >= 0.3 is 0 Å². The Bertz CT molecular complexity index is 549. The van der Waals surface area contributed by atoms with Crippen molar-refractivity contribution in [3.8, 4) is 6.07 Å². The summed E-state index contributed by atoms with van der Waals surface area (Å²) in [5.41, 5.74) is 1.27. The van der Waals surface area contributed by atoms with Gasteiger partial charge in [-0.15, -0.1) is 0 Å². The maximum absolute atomic E-state index is 8.90. The monoisotopic (exact) mass is 224 g/mol. The highest BCUT2D eigenvalue weighted by Gasteiger charge is 2.09. The van der Waals surface area contributed by atoms with Crippen LogP contribution in [0.5, 0.6) is 0 Å². The zero-order valence-electron chi connectivity index (χ0n) is 10.2. The Morgan fingerprint density at radius 1 is 1.18 bits per heavy atom. The molecule has 2 aromatic carbocycles. The third-order valence-corrected chi connectivity index (χ3v) is 3.15. The summed E-state index contributed by atoms with van der Waals surface area (Å²) in [6.45, 7) is 2.72. The topological polar surface area (TPSA) is 27.0 Å². The van der Waals surface area contributed by atoms with Crippen molar-refractivity contribution >= 4 is 10.8 Å². The van der Waals surface area contributed by atoms with Gasteiger partial charge in [0.2, 0.25) is 0 Å². The smallest absolute Gasteiger partial charge is 0.0949 e. The van der Waals surface area contributed by atoms with Crippen molar-refractivity contribution < 1.29 is 0 Å². The average Bonchev–Trinajstić information content (AvgIpc) is 2.38. The first-order chi connectivity index (χ1) is 8.22. The van der Waals surface area contributed by atoms with E-state index in [0.29, 0.717) is 0 Å². The minimum absolute atomic E-state index is 0.0611. The molecule has 17 heavy (non-hydrogen) atoms. The SMILES string of the molecule is CC(C#N)N(C)Cc1cccc2ccccc12. The number of fused-ring (bicyclic) bond motifs is 1. The van der Waals surface area contributed by atoms with E-state index in [9.17, 15) is 0 Å². The lowest BCUT2D eigenvalue weighted by atomic mass is 10.0. The van der Waals surface area contributed by atoms with Gasteiger partial charge in [0, 0.05) is 6.54 Å². The Hall–Kier alpha value is -1.85. The first-order valence-corrected chi connectivity index (χ1v) is 5.79. The molecule has 0 aliphatic rings. The van der Waals surface area contributed by atoms with E-state index in [2.05, 4.69) is 47.4 Å². The maximum Gasteiger partial charge on any atom is 0.0949 e. The minimum Gasteiger partial charge on any atom is -0.287 e. The molecule has 0 spiro atoms. The van der Waals surface area contributed by atoms with Crippen LogP contribution in [0.15, 0.2) is 42.5 Å². The summed E-state index contributed by atoms with van der Waals surface area (Å²) in [6, 6.07) is 16.9. The summed E-state index contributed by atoms with van der Waals surface area (Å²) in [6.07, 6.45) is 0. The number of nitriles is 1. The molecule has 0 radical (unpaired) electrons. The number of hydrogen-bond donors (Lipinski definition) is 0. The van der Waals surface area contributed by atoms with Gasteiger partial charge < -0.3 is 0 Å². The molecule has 0 fully saturated rings. The van der Waals surface area contributed by atoms with Crippen LogP contribution in [0, 0.1) is 11.3 Å². The molecular weight excluding hydrogens is 208 g/mol. The number of rotatable bonds is 3. The number of benzene rings is 2. The van der Waals surface area contributed by atoms with E-state index in [4.69, 9.17) is 5.26 Å². The zero-order valence-corrected chi connectivity index (χ0v) is 10.2. The largest absolute Gasteiger partial charge is 0.287 e. The van der Waals surface area contributed by atoms with Crippen LogP contribution < -0.4 is 0 Å². The van der Waals surface area contributed by atoms with Crippen molar-refractivity contribution in [3.05, 3.63) is 48.0 Å². The van der Waals surface area contributed by atoms with Gasteiger partial charge in [0.05, 0.1) is 12.1 Å². The third kappa shape index (κ3) is 2.46. The fraction of sp³-hybridized carbons (Fsp3) is 0.267. The molecule has 2 heteroatoms. The molecule has 0 amide bonds. The van der Waals surface area contributed by atoms with Gasteiger partial charge in [0.1, 0.15) is 0 Å². The van der Waals surface area contributed by atoms with E-state index >= 15 is 0 Å². The highest BCUT2D eigenvalue weighted by molar-refractivity contribution is 5.85. The van der Waals surface area contributed by atoms with Crippen LogP contribution in [0.25, 0.3) is 10.8 Å². The lowest BCUT2D eigenvalue weighted by Gasteiger charge is -2.19. The van der Waals surface area contributed by atoms with Crippen LogP contribution in [0.2, 0.25) is 0 Å². The first-order valence-electron chi connectivity index (χ1n) is 5.79. The van der Waals surface area contributed by atoms with Crippen LogP contribution in [-0.4, -0.2) is 18.0 Å². The third-order valence-electron chi connectivity index (χ3n) is 3.15. The summed E-state index contributed by atoms with van der Waals surface area (Å²) < 4.78 is 0. The average molecular weight is 224 g/mol.